The highest BCUT2D eigenvalue weighted by atomic mass is 16.5. The van der Waals surface area contributed by atoms with Crippen LogP contribution >= 0.6 is 0 Å². The van der Waals surface area contributed by atoms with Crippen molar-refractivity contribution in [2.75, 3.05) is 18.8 Å². The highest BCUT2D eigenvalue weighted by molar-refractivity contribution is 5.94. The van der Waals surface area contributed by atoms with Gasteiger partial charge >= 0.3 is 0 Å². The summed E-state index contributed by atoms with van der Waals surface area (Å²) in [6.45, 7) is 7.14. The second-order valence-electron chi connectivity index (χ2n) is 5.34. The van der Waals surface area contributed by atoms with Crippen LogP contribution in [0.25, 0.3) is 0 Å². The maximum absolute atomic E-state index is 12.4. The number of amides is 1. The third kappa shape index (κ3) is 2.79. The summed E-state index contributed by atoms with van der Waals surface area (Å²) in [5.41, 5.74) is 5.86. The number of nitrogen functional groups attached to an aromatic ring is 1. The van der Waals surface area contributed by atoms with Crippen molar-refractivity contribution in [3.8, 4) is 0 Å². The third-order valence-corrected chi connectivity index (χ3v) is 2.88. The molecule has 1 atom stereocenters. The molecule has 5 nitrogen and oxygen atoms in total. The molecular formula is C13H19N3O2. The molecule has 0 aromatic carbocycles. The first-order chi connectivity index (χ1) is 8.37. The fourth-order valence-corrected chi connectivity index (χ4v) is 2.37. The van der Waals surface area contributed by atoms with E-state index in [9.17, 15) is 4.79 Å². The summed E-state index contributed by atoms with van der Waals surface area (Å²) in [6, 6.07) is 3.29. The Morgan fingerprint density at radius 2 is 2.33 bits per heavy atom. The second kappa shape index (κ2) is 4.57. The van der Waals surface area contributed by atoms with Crippen LogP contribution in [0, 0.1) is 0 Å². The van der Waals surface area contributed by atoms with E-state index < -0.39 is 0 Å². The minimum Gasteiger partial charge on any atom is -0.384 e. The number of rotatable bonds is 1. The van der Waals surface area contributed by atoms with Gasteiger partial charge in [-0.3, -0.25) is 4.79 Å². The molecule has 2 heterocycles. The molecule has 1 aromatic rings. The van der Waals surface area contributed by atoms with Crippen molar-refractivity contribution < 1.29 is 9.53 Å². The Bertz CT molecular complexity index is 459. The van der Waals surface area contributed by atoms with Gasteiger partial charge in [0.2, 0.25) is 0 Å². The van der Waals surface area contributed by atoms with E-state index in [4.69, 9.17) is 10.5 Å². The Labute approximate surface area is 107 Å². The number of carbonyl (C=O) groups is 1. The van der Waals surface area contributed by atoms with Crippen molar-refractivity contribution in [1.82, 2.24) is 9.88 Å². The lowest BCUT2D eigenvalue weighted by atomic mass is 10.0. The molecule has 0 bridgehead atoms. The van der Waals surface area contributed by atoms with Crippen LogP contribution in [0.1, 0.15) is 31.1 Å². The van der Waals surface area contributed by atoms with Gasteiger partial charge in [-0.2, -0.15) is 0 Å². The number of carbonyl (C=O) groups excluding carboxylic acids is 1. The molecule has 0 radical (unpaired) electrons. The van der Waals surface area contributed by atoms with Gasteiger partial charge < -0.3 is 15.4 Å². The molecular weight excluding hydrogens is 230 g/mol. The lowest BCUT2D eigenvalue weighted by molar-refractivity contribution is -0.118. The Hall–Kier alpha value is -1.62. The minimum absolute atomic E-state index is 0.0210. The van der Waals surface area contributed by atoms with Crippen LogP contribution in [-0.2, 0) is 4.74 Å². The highest BCUT2D eigenvalue weighted by Crippen LogP contribution is 2.22. The maximum Gasteiger partial charge on any atom is 0.254 e. The number of pyridine rings is 1. The predicted molar refractivity (Wildman–Crippen MR) is 69.2 cm³/mol. The Kier molecular flexibility index (Phi) is 3.26. The molecule has 1 aliphatic rings. The molecule has 0 spiro atoms. The lowest BCUT2D eigenvalue weighted by Crippen LogP contribution is -2.53. The molecule has 2 rings (SSSR count). The zero-order valence-corrected chi connectivity index (χ0v) is 11.0. The van der Waals surface area contributed by atoms with Gasteiger partial charge in [-0.1, -0.05) is 0 Å². The Morgan fingerprint density at radius 3 is 2.94 bits per heavy atom. The SMILES string of the molecule is CC1CN(C(=O)c2ccnc(N)c2)CC(C)(C)O1. The van der Waals surface area contributed by atoms with Gasteiger partial charge in [0.1, 0.15) is 5.82 Å². The first kappa shape index (κ1) is 12.8. The topological polar surface area (TPSA) is 68.5 Å². The Balaban J connectivity index is 2.18. The van der Waals surface area contributed by atoms with Crippen LogP contribution in [0.15, 0.2) is 18.3 Å². The van der Waals surface area contributed by atoms with E-state index >= 15 is 0 Å². The number of aromatic nitrogens is 1. The molecule has 1 unspecified atom stereocenters. The van der Waals surface area contributed by atoms with Crippen LogP contribution < -0.4 is 5.73 Å². The molecule has 1 aromatic heterocycles. The molecule has 1 amide bonds. The van der Waals surface area contributed by atoms with E-state index in [0.717, 1.165) is 0 Å². The van der Waals surface area contributed by atoms with Crippen molar-refractivity contribution in [3.05, 3.63) is 23.9 Å². The number of morpholine rings is 1. The molecule has 0 aliphatic carbocycles. The van der Waals surface area contributed by atoms with Crippen molar-refractivity contribution in [2.24, 2.45) is 0 Å². The third-order valence-electron chi connectivity index (χ3n) is 2.88. The van der Waals surface area contributed by atoms with Crippen molar-refractivity contribution >= 4 is 11.7 Å². The van der Waals surface area contributed by atoms with Crippen molar-refractivity contribution in [2.45, 2.75) is 32.5 Å². The Morgan fingerprint density at radius 1 is 1.61 bits per heavy atom. The summed E-state index contributed by atoms with van der Waals surface area (Å²) in [7, 11) is 0. The van der Waals surface area contributed by atoms with E-state index in [1.54, 1.807) is 18.3 Å². The number of hydrogen-bond donors (Lipinski definition) is 1. The molecule has 2 N–H and O–H groups in total. The molecule has 1 aliphatic heterocycles. The van der Waals surface area contributed by atoms with Gasteiger partial charge in [0.25, 0.3) is 5.91 Å². The van der Waals surface area contributed by atoms with Crippen molar-refractivity contribution in [1.29, 1.82) is 0 Å². The van der Waals surface area contributed by atoms with Gasteiger partial charge in [-0.15, -0.1) is 0 Å². The zero-order valence-electron chi connectivity index (χ0n) is 11.0. The summed E-state index contributed by atoms with van der Waals surface area (Å²) in [6.07, 6.45) is 1.59. The summed E-state index contributed by atoms with van der Waals surface area (Å²) < 4.78 is 5.78. The summed E-state index contributed by atoms with van der Waals surface area (Å²) in [5, 5.41) is 0. The van der Waals surface area contributed by atoms with Gasteiger partial charge in [0.05, 0.1) is 11.7 Å². The van der Waals surface area contributed by atoms with Crippen LogP contribution in [0.3, 0.4) is 0 Å². The van der Waals surface area contributed by atoms with Gasteiger partial charge in [0.15, 0.2) is 0 Å². The molecule has 18 heavy (non-hydrogen) atoms. The largest absolute Gasteiger partial charge is 0.384 e. The summed E-state index contributed by atoms with van der Waals surface area (Å²) in [4.78, 5) is 18.1. The molecule has 0 saturated carbocycles. The number of nitrogens with zero attached hydrogens (tertiary/aromatic N) is 2. The fraction of sp³-hybridized carbons (Fsp3) is 0.538. The highest BCUT2D eigenvalue weighted by Gasteiger charge is 2.34. The number of nitrogens with two attached hydrogens (primary N) is 1. The predicted octanol–water partition coefficient (Wildman–Crippen LogP) is 1.30. The molecule has 98 valence electrons. The lowest BCUT2D eigenvalue weighted by Gasteiger charge is -2.41. The number of anilines is 1. The van der Waals surface area contributed by atoms with E-state index in [0.29, 0.717) is 24.5 Å². The van der Waals surface area contributed by atoms with E-state index in [1.807, 2.05) is 25.7 Å². The maximum atomic E-state index is 12.4. The van der Waals surface area contributed by atoms with Crippen LogP contribution in [0.2, 0.25) is 0 Å². The molecule has 1 fully saturated rings. The van der Waals surface area contributed by atoms with Gasteiger partial charge in [-0.25, -0.2) is 4.98 Å². The minimum atomic E-state index is -0.314. The van der Waals surface area contributed by atoms with Crippen LogP contribution in [-0.4, -0.2) is 40.6 Å². The van der Waals surface area contributed by atoms with E-state index in [1.165, 1.54) is 0 Å². The van der Waals surface area contributed by atoms with Gasteiger partial charge in [-0.05, 0) is 32.9 Å². The molecule has 5 heteroatoms. The first-order valence-electron chi connectivity index (χ1n) is 6.06. The van der Waals surface area contributed by atoms with Gasteiger partial charge in [0, 0.05) is 24.8 Å². The van der Waals surface area contributed by atoms with Crippen LogP contribution in [0.4, 0.5) is 5.82 Å². The van der Waals surface area contributed by atoms with Crippen LogP contribution in [0.5, 0.6) is 0 Å². The fourth-order valence-electron chi connectivity index (χ4n) is 2.37. The normalized spacial score (nSPS) is 22.8. The van der Waals surface area contributed by atoms with Crippen molar-refractivity contribution in [3.63, 3.8) is 0 Å². The summed E-state index contributed by atoms with van der Waals surface area (Å²) >= 11 is 0. The standard InChI is InChI=1S/C13H19N3O2/c1-9-7-16(8-13(2,3)18-9)12(17)10-4-5-15-11(14)6-10/h4-6,9H,7-8H2,1-3H3,(H2,14,15). The smallest absolute Gasteiger partial charge is 0.254 e. The molecule has 1 saturated heterocycles. The average molecular weight is 249 g/mol. The second-order valence-corrected chi connectivity index (χ2v) is 5.34. The number of ether oxygens (including phenoxy) is 1. The van der Waals surface area contributed by atoms with E-state index in [-0.39, 0.29) is 17.6 Å². The summed E-state index contributed by atoms with van der Waals surface area (Å²) in [5.74, 6) is 0.341. The quantitative estimate of drug-likeness (QED) is 0.814. The monoisotopic (exact) mass is 249 g/mol. The van der Waals surface area contributed by atoms with E-state index in [2.05, 4.69) is 4.98 Å². The first-order valence-corrected chi connectivity index (χ1v) is 6.06. The number of hydrogen-bond acceptors (Lipinski definition) is 4. The zero-order chi connectivity index (χ0) is 13.3. The average Bonchev–Trinajstić information content (AvgIpc) is 2.25.